The van der Waals surface area contributed by atoms with E-state index in [4.69, 9.17) is 19.3 Å². The Morgan fingerprint density at radius 3 is 2.58 bits per heavy atom. The van der Waals surface area contributed by atoms with Gasteiger partial charge < -0.3 is 14.0 Å². The third-order valence-corrected chi connectivity index (χ3v) is 3.27. The molecule has 0 N–H and O–H groups in total. The lowest BCUT2D eigenvalue weighted by atomic mass is 10.2. The summed E-state index contributed by atoms with van der Waals surface area (Å²) in [5.74, 6) is -0.164. The van der Waals surface area contributed by atoms with Crippen molar-refractivity contribution < 1.29 is 23.2 Å². The van der Waals surface area contributed by atoms with Crippen LogP contribution in [0.2, 0.25) is 0 Å². The van der Waals surface area contributed by atoms with E-state index in [1.54, 1.807) is 24.3 Å². The summed E-state index contributed by atoms with van der Waals surface area (Å²) in [5, 5.41) is 12.5. The molecular formula is C18H12FN3O4. The summed E-state index contributed by atoms with van der Waals surface area (Å²) < 4.78 is 28.1. The topological polar surface area (TPSA) is 98.2 Å². The Hall–Kier alpha value is -3.73. The Labute approximate surface area is 147 Å². The summed E-state index contributed by atoms with van der Waals surface area (Å²) in [6, 6.07) is 13.9. The van der Waals surface area contributed by atoms with Gasteiger partial charge in [0, 0.05) is 5.56 Å². The van der Waals surface area contributed by atoms with Crippen molar-refractivity contribution in [1.82, 2.24) is 10.1 Å². The molecule has 0 saturated heterocycles. The van der Waals surface area contributed by atoms with E-state index in [1.807, 2.05) is 6.07 Å². The summed E-state index contributed by atoms with van der Waals surface area (Å²) in [6.07, 6.45) is 0. The Morgan fingerprint density at radius 2 is 1.88 bits per heavy atom. The van der Waals surface area contributed by atoms with Crippen LogP contribution >= 0.6 is 0 Å². The fraction of sp³-hybridized carbons (Fsp3) is 0.111. The molecule has 8 heteroatoms. The maximum Gasteiger partial charge on any atom is 0.344 e. The molecule has 0 aliphatic rings. The highest BCUT2D eigenvalue weighted by Crippen LogP contribution is 2.16. The number of carbonyl (C=O) groups is 1. The van der Waals surface area contributed by atoms with E-state index in [1.165, 1.54) is 24.3 Å². The van der Waals surface area contributed by atoms with Crippen LogP contribution in [0.5, 0.6) is 5.75 Å². The average molecular weight is 353 g/mol. The van der Waals surface area contributed by atoms with Crippen LogP contribution < -0.4 is 4.74 Å². The van der Waals surface area contributed by atoms with Crippen LogP contribution in [0.25, 0.3) is 11.4 Å². The van der Waals surface area contributed by atoms with Crippen LogP contribution in [0, 0.1) is 17.1 Å². The van der Waals surface area contributed by atoms with Crippen LogP contribution in [-0.4, -0.2) is 22.7 Å². The fourth-order valence-electron chi connectivity index (χ4n) is 1.98. The number of carbonyl (C=O) groups excluding carboxylic acids is 1. The Balaban J connectivity index is 1.48. The minimum atomic E-state index is -0.615. The molecule has 0 fully saturated rings. The van der Waals surface area contributed by atoms with Gasteiger partial charge in [-0.3, -0.25) is 0 Å². The van der Waals surface area contributed by atoms with Gasteiger partial charge in [0.05, 0.1) is 11.6 Å². The minimum Gasteiger partial charge on any atom is -0.482 e. The largest absolute Gasteiger partial charge is 0.482 e. The normalized spacial score (nSPS) is 10.2. The number of esters is 1. The summed E-state index contributed by atoms with van der Waals surface area (Å²) in [6.45, 7) is -0.505. The van der Waals surface area contributed by atoms with E-state index in [0.717, 1.165) is 0 Å². The minimum absolute atomic E-state index is 0.107. The highest BCUT2D eigenvalue weighted by atomic mass is 19.1. The van der Waals surface area contributed by atoms with Crippen molar-refractivity contribution in [1.29, 1.82) is 5.26 Å². The van der Waals surface area contributed by atoms with Gasteiger partial charge in [0.25, 0.3) is 5.89 Å². The molecule has 130 valence electrons. The number of nitrogens with zero attached hydrogens (tertiary/aromatic N) is 3. The molecule has 0 atom stereocenters. The first-order chi connectivity index (χ1) is 12.6. The summed E-state index contributed by atoms with van der Waals surface area (Å²) >= 11 is 0. The number of hydrogen-bond acceptors (Lipinski definition) is 7. The quantitative estimate of drug-likeness (QED) is 0.628. The summed E-state index contributed by atoms with van der Waals surface area (Å²) in [7, 11) is 0. The van der Waals surface area contributed by atoms with Crippen molar-refractivity contribution in [3.8, 4) is 23.2 Å². The number of benzene rings is 2. The Kier molecular flexibility index (Phi) is 5.19. The van der Waals surface area contributed by atoms with Crippen molar-refractivity contribution in [2.45, 2.75) is 6.61 Å². The SMILES string of the molecule is N#Cc1ccc(OCC(=O)OCc2nc(-c3ccc(F)cc3)no2)cc1. The van der Waals surface area contributed by atoms with Crippen molar-refractivity contribution in [2.75, 3.05) is 6.61 Å². The third kappa shape index (κ3) is 4.42. The summed E-state index contributed by atoms with van der Waals surface area (Å²) in [5.41, 5.74) is 1.07. The Bertz CT molecular complexity index is 930. The predicted molar refractivity (Wildman–Crippen MR) is 86.1 cm³/mol. The molecule has 0 aliphatic heterocycles. The monoisotopic (exact) mass is 353 g/mol. The van der Waals surface area contributed by atoms with Crippen LogP contribution in [-0.2, 0) is 16.1 Å². The number of rotatable bonds is 6. The second-order valence-corrected chi connectivity index (χ2v) is 5.10. The van der Waals surface area contributed by atoms with Gasteiger partial charge in [0.2, 0.25) is 5.82 Å². The second kappa shape index (κ2) is 7.90. The number of halogens is 1. The number of aromatic nitrogens is 2. The van der Waals surface area contributed by atoms with E-state index in [0.29, 0.717) is 16.9 Å². The molecule has 3 rings (SSSR count). The van der Waals surface area contributed by atoms with Crippen molar-refractivity contribution in [2.24, 2.45) is 0 Å². The van der Waals surface area contributed by atoms with Gasteiger partial charge in [-0.1, -0.05) is 5.16 Å². The molecule has 0 saturated carbocycles. The number of ether oxygens (including phenoxy) is 2. The van der Waals surface area contributed by atoms with Gasteiger partial charge in [0.15, 0.2) is 13.2 Å². The molecule has 1 heterocycles. The van der Waals surface area contributed by atoms with Crippen LogP contribution in [0.3, 0.4) is 0 Å². The Morgan fingerprint density at radius 1 is 1.15 bits per heavy atom. The van der Waals surface area contributed by atoms with Crippen LogP contribution in [0.15, 0.2) is 53.1 Å². The predicted octanol–water partition coefficient (Wildman–Crippen LogP) is 2.87. The maximum absolute atomic E-state index is 12.9. The first-order valence-corrected chi connectivity index (χ1v) is 7.51. The van der Waals surface area contributed by atoms with Gasteiger partial charge >= 0.3 is 5.97 Å². The van der Waals surface area contributed by atoms with E-state index in [2.05, 4.69) is 10.1 Å². The highest BCUT2D eigenvalue weighted by Gasteiger charge is 2.12. The molecule has 0 amide bonds. The maximum atomic E-state index is 12.9. The lowest BCUT2D eigenvalue weighted by Gasteiger charge is -2.05. The summed E-state index contributed by atoms with van der Waals surface area (Å²) in [4.78, 5) is 15.8. The molecular weight excluding hydrogens is 341 g/mol. The standard InChI is InChI=1S/C18H12FN3O4/c19-14-5-3-13(4-6-14)18-21-16(26-22-18)10-25-17(23)11-24-15-7-1-12(9-20)2-8-15/h1-8H,10-11H2. The van der Waals surface area contributed by atoms with E-state index in [9.17, 15) is 9.18 Å². The van der Waals surface area contributed by atoms with Crippen molar-refractivity contribution in [3.63, 3.8) is 0 Å². The van der Waals surface area contributed by atoms with Gasteiger partial charge in [0.1, 0.15) is 11.6 Å². The first kappa shape index (κ1) is 17.1. The molecule has 0 aliphatic carbocycles. The second-order valence-electron chi connectivity index (χ2n) is 5.10. The lowest BCUT2D eigenvalue weighted by Crippen LogP contribution is -2.14. The zero-order valence-electron chi connectivity index (χ0n) is 13.4. The van der Waals surface area contributed by atoms with E-state index < -0.39 is 5.97 Å². The fourth-order valence-corrected chi connectivity index (χ4v) is 1.98. The molecule has 0 bridgehead atoms. The van der Waals surface area contributed by atoms with E-state index >= 15 is 0 Å². The smallest absolute Gasteiger partial charge is 0.344 e. The van der Waals surface area contributed by atoms with Crippen molar-refractivity contribution >= 4 is 5.97 Å². The first-order valence-electron chi connectivity index (χ1n) is 7.51. The van der Waals surface area contributed by atoms with Crippen LogP contribution in [0.1, 0.15) is 11.5 Å². The number of hydrogen-bond donors (Lipinski definition) is 0. The lowest BCUT2D eigenvalue weighted by molar-refractivity contribution is -0.148. The van der Waals surface area contributed by atoms with Gasteiger partial charge in [-0.2, -0.15) is 10.2 Å². The average Bonchev–Trinajstić information content (AvgIpc) is 3.14. The molecule has 3 aromatic rings. The molecule has 2 aromatic carbocycles. The molecule has 1 aromatic heterocycles. The third-order valence-electron chi connectivity index (χ3n) is 3.27. The molecule has 0 unspecified atom stereocenters. The molecule has 0 spiro atoms. The number of nitriles is 1. The molecule has 0 radical (unpaired) electrons. The van der Waals surface area contributed by atoms with Crippen LogP contribution in [0.4, 0.5) is 4.39 Å². The molecule has 7 nitrogen and oxygen atoms in total. The highest BCUT2D eigenvalue weighted by molar-refractivity contribution is 5.71. The van der Waals surface area contributed by atoms with Gasteiger partial charge in [-0.25, -0.2) is 9.18 Å². The van der Waals surface area contributed by atoms with Crippen molar-refractivity contribution in [3.05, 3.63) is 65.8 Å². The van der Waals surface area contributed by atoms with Gasteiger partial charge in [-0.15, -0.1) is 0 Å². The van der Waals surface area contributed by atoms with E-state index in [-0.39, 0.29) is 30.7 Å². The molecule has 26 heavy (non-hydrogen) atoms. The van der Waals surface area contributed by atoms with Gasteiger partial charge in [-0.05, 0) is 48.5 Å². The zero-order chi connectivity index (χ0) is 18.4. The zero-order valence-corrected chi connectivity index (χ0v) is 13.4.